The van der Waals surface area contributed by atoms with E-state index in [0.29, 0.717) is 0 Å². The number of allylic oxidation sites excluding steroid dienone is 2. The first-order valence-electron chi connectivity index (χ1n) is 14.0. The smallest absolute Gasteiger partial charge is 0.134 e. The molecule has 200 valence electrons. The van der Waals surface area contributed by atoms with E-state index < -0.39 is 0 Å². The van der Waals surface area contributed by atoms with Crippen molar-refractivity contribution in [1.29, 1.82) is 0 Å². The van der Waals surface area contributed by atoms with Crippen molar-refractivity contribution < 1.29 is 9.47 Å². The summed E-state index contributed by atoms with van der Waals surface area (Å²) in [6.07, 6.45) is 10.0. The lowest BCUT2D eigenvalue weighted by molar-refractivity contribution is 0.474. The van der Waals surface area contributed by atoms with E-state index in [1.807, 2.05) is 62.4 Å². The zero-order valence-electron chi connectivity index (χ0n) is 24.1. The van der Waals surface area contributed by atoms with E-state index in [2.05, 4.69) is 88.4 Å². The van der Waals surface area contributed by atoms with E-state index in [0.717, 1.165) is 47.0 Å². The minimum absolute atomic E-state index is 0.184. The molecule has 0 atom stereocenters. The van der Waals surface area contributed by atoms with Gasteiger partial charge in [0, 0.05) is 16.5 Å². The fourth-order valence-corrected chi connectivity index (χ4v) is 4.87. The summed E-state index contributed by atoms with van der Waals surface area (Å²) < 4.78 is 12.8. The Morgan fingerprint density at radius 3 is 1.36 bits per heavy atom. The van der Waals surface area contributed by atoms with Gasteiger partial charge in [-0.05, 0) is 73.2 Å². The normalized spacial score (nSPS) is 11.8. The molecule has 0 heterocycles. The average Bonchev–Trinajstić information content (AvgIpc) is 2.95. The van der Waals surface area contributed by atoms with Gasteiger partial charge in [-0.25, -0.2) is 0 Å². The van der Waals surface area contributed by atoms with E-state index in [1.54, 1.807) is 0 Å². The Kier molecular flexibility index (Phi) is 9.09. The summed E-state index contributed by atoms with van der Waals surface area (Å²) in [5, 5.41) is 0. The fourth-order valence-electron chi connectivity index (χ4n) is 4.87. The van der Waals surface area contributed by atoms with Crippen molar-refractivity contribution in [2.24, 2.45) is 0 Å². The fraction of sp³-hybridized carbons (Fsp3) is 0.243. The van der Waals surface area contributed by atoms with Crippen LogP contribution < -0.4 is 9.47 Å². The van der Waals surface area contributed by atoms with Gasteiger partial charge < -0.3 is 9.47 Å². The second kappa shape index (κ2) is 12.7. The second-order valence-electron chi connectivity index (χ2n) is 10.3. The zero-order valence-corrected chi connectivity index (χ0v) is 24.1. The molecular weight excluding hydrogens is 476 g/mol. The molecule has 39 heavy (non-hydrogen) atoms. The summed E-state index contributed by atoms with van der Waals surface area (Å²) >= 11 is 0. The third-order valence-electron chi connectivity index (χ3n) is 7.30. The third-order valence-corrected chi connectivity index (χ3v) is 7.30. The molecule has 0 bridgehead atoms. The molecule has 0 radical (unpaired) electrons. The van der Waals surface area contributed by atoms with Crippen molar-refractivity contribution in [2.45, 2.75) is 59.8 Å². The van der Waals surface area contributed by atoms with Gasteiger partial charge in [0.05, 0.1) is 0 Å². The van der Waals surface area contributed by atoms with Gasteiger partial charge in [0.2, 0.25) is 0 Å². The minimum Gasteiger partial charge on any atom is -0.456 e. The monoisotopic (exact) mass is 516 g/mol. The second-order valence-corrected chi connectivity index (χ2v) is 10.3. The Hall–Kier alpha value is -4.04. The molecule has 0 aliphatic carbocycles. The zero-order chi connectivity index (χ0) is 27.8. The quantitative estimate of drug-likeness (QED) is 0.209. The first kappa shape index (κ1) is 28.0. The van der Waals surface area contributed by atoms with Crippen molar-refractivity contribution in [3.63, 3.8) is 0 Å². The van der Waals surface area contributed by atoms with Crippen LogP contribution in [0.5, 0.6) is 23.0 Å². The van der Waals surface area contributed by atoms with Gasteiger partial charge in [0.25, 0.3) is 0 Å². The molecule has 0 saturated heterocycles. The van der Waals surface area contributed by atoms with Crippen LogP contribution in [-0.2, 0) is 18.3 Å². The maximum Gasteiger partial charge on any atom is 0.134 e. The Morgan fingerprint density at radius 2 is 0.974 bits per heavy atom. The molecule has 4 aromatic rings. The van der Waals surface area contributed by atoms with Crippen molar-refractivity contribution >= 4 is 12.2 Å². The Balaban J connectivity index is 1.64. The summed E-state index contributed by atoms with van der Waals surface area (Å²) in [4.78, 5) is 0. The molecule has 0 amide bonds. The molecule has 4 rings (SSSR count). The standard InChI is InChI=1S/C37H40O2/c1-7-15-29-17-11-13-19-33(29)38-35-23-21-31(25-27(35)9-3)37(5,6)32-22-24-36(28(10-4)26-32)39-34-20-14-12-18-30(34)16-8-2/h7-8,11-26H,9-10H2,1-6H3. The molecule has 2 heteroatoms. The van der Waals surface area contributed by atoms with Gasteiger partial charge in [-0.1, -0.05) is 113 Å². The van der Waals surface area contributed by atoms with Gasteiger partial charge in [0.15, 0.2) is 0 Å². The van der Waals surface area contributed by atoms with Crippen LogP contribution >= 0.6 is 0 Å². The van der Waals surface area contributed by atoms with Crippen molar-refractivity contribution in [3.05, 3.63) is 130 Å². The van der Waals surface area contributed by atoms with Crippen LogP contribution in [0, 0.1) is 0 Å². The van der Waals surface area contributed by atoms with Crippen LogP contribution in [0.15, 0.2) is 97.1 Å². The maximum atomic E-state index is 6.42. The number of rotatable bonds is 10. The van der Waals surface area contributed by atoms with E-state index in [9.17, 15) is 0 Å². The molecule has 2 nitrogen and oxygen atoms in total. The highest BCUT2D eigenvalue weighted by Gasteiger charge is 2.25. The Bertz CT molecular complexity index is 1360. The molecule has 0 saturated carbocycles. The van der Waals surface area contributed by atoms with Crippen LogP contribution in [0.25, 0.3) is 12.2 Å². The van der Waals surface area contributed by atoms with Crippen molar-refractivity contribution in [2.75, 3.05) is 0 Å². The molecular formula is C37H40O2. The lowest BCUT2D eigenvalue weighted by Crippen LogP contribution is -2.19. The van der Waals surface area contributed by atoms with Crippen molar-refractivity contribution in [1.82, 2.24) is 0 Å². The van der Waals surface area contributed by atoms with Gasteiger partial charge in [0.1, 0.15) is 23.0 Å². The first-order chi connectivity index (χ1) is 18.9. The van der Waals surface area contributed by atoms with Gasteiger partial charge >= 0.3 is 0 Å². The topological polar surface area (TPSA) is 18.5 Å². The van der Waals surface area contributed by atoms with Crippen LogP contribution in [-0.4, -0.2) is 0 Å². The Morgan fingerprint density at radius 1 is 0.564 bits per heavy atom. The summed E-state index contributed by atoms with van der Waals surface area (Å²) in [6, 6.07) is 29.6. The van der Waals surface area contributed by atoms with E-state index in [-0.39, 0.29) is 5.41 Å². The third kappa shape index (κ3) is 6.34. The predicted molar refractivity (Wildman–Crippen MR) is 166 cm³/mol. The van der Waals surface area contributed by atoms with Crippen LogP contribution in [0.3, 0.4) is 0 Å². The number of hydrogen-bond donors (Lipinski definition) is 0. The summed E-state index contributed by atoms with van der Waals surface area (Å²) in [6.45, 7) is 13.0. The number of benzene rings is 4. The van der Waals surface area contributed by atoms with E-state index in [4.69, 9.17) is 9.47 Å². The molecule has 4 aromatic carbocycles. The highest BCUT2D eigenvalue weighted by molar-refractivity contribution is 5.59. The van der Waals surface area contributed by atoms with Gasteiger partial charge in [-0.3, -0.25) is 0 Å². The van der Waals surface area contributed by atoms with E-state index >= 15 is 0 Å². The Labute approximate surface area is 234 Å². The lowest BCUT2D eigenvalue weighted by atomic mass is 9.77. The summed E-state index contributed by atoms with van der Waals surface area (Å²) in [5.41, 5.74) is 6.91. The molecule has 0 fully saturated rings. The molecule has 0 aromatic heterocycles. The molecule has 0 aliphatic heterocycles. The largest absolute Gasteiger partial charge is 0.456 e. The summed E-state index contributed by atoms with van der Waals surface area (Å²) in [5.74, 6) is 3.56. The SMILES string of the molecule is CC=Cc1ccccc1Oc1ccc(C(C)(C)c2ccc(Oc3ccccc3C=CC)c(CC)c2)cc1CC. The maximum absolute atomic E-state index is 6.42. The van der Waals surface area contributed by atoms with Gasteiger partial charge in [-0.15, -0.1) is 0 Å². The lowest BCUT2D eigenvalue weighted by Gasteiger charge is -2.28. The average molecular weight is 517 g/mol. The highest BCUT2D eigenvalue weighted by Crippen LogP contribution is 2.39. The minimum atomic E-state index is -0.184. The van der Waals surface area contributed by atoms with Crippen molar-refractivity contribution in [3.8, 4) is 23.0 Å². The molecule has 0 unspecified atom stereocenters. The summed E-state index contributed by atoms with van der Waals surface area (Å²) in [7, 11) is 0. The van der Waals surface area contributed by atoms with Gasteiger partial charge in [-0.2, -0.15) is 0 Å². The number of ether oxygens (including phenoxy) is 2. The van der Waals surface area contributed by atoms with Crippen LogP contribution in [0.4, 0.5) is 0 Å². The number of para-hydroxylation sites is 2. The molecule has 0 N–H and O–H groups in total. The van der Waals surface area contributed by atoms with E-state index in [1.165, 1.54) is 22.3 Å². The number of hydrogen-bond acceptors (Lipinski definition) is 2. The van der Waals surface area contributed by atoms with Crippen LogP contribution in [0.2, 0.25) is 0 Å². The number of aryl methyl sites for hydroxylation is 2. The first-order valence-corrected chi connectivity index (χ1v) is 14.0. The van der Waals surface area contributed by atoms with Crippen LogP contribution in [0.1, 0.15) is 74.9 Å². The molecule has 0 aliphatic rings. The predicted octanol–water partition coefficient (Wildman–Crippen LogP) is 10.8. The molecule has 0 spiro atoms. The highest BCUT2D eigenvalue weighted by atomic mass is 16.5.